The van der Waals surface area contributed by atoms with Gasteiger partial charge in [0.05, 0.1) is 5.56 Å². The lowest BCUT2D eigenvalue weighted by molar-refractivity contribution is -0.137. The highest BCUT2D eigenvalue weighted by atomic mass is 16.4. The van der Waals surface area contributed by atoms with Crippen molar-refractivity contribution in [3.8, 4) is 0 Å². The predicted molar refractivity (Wildman–Crippen MR) is 92.0 cm³/mol. The van der Waals surface area contributed by atoms with Crippen molar-refractivity contribution in [3.63, 3.8) is 0 Å². The first-order valence-electron chi connectivity index (χ1n) is 7.76. The van der Waals surface area contributed by atoms with Crippen molar-refractivity contribution in [1.82, 2.24) is 4.90 Å². The van der Waals surface area contributed by atoms with Gasteiger partial charge in [-0.15, -0.1) is 0 Å². The maximum Gasteiger partial charge on any atom is 0.335 e. The Morgan fingerprint density at radius 1 is 1.00 bits per heavy atom. The van der Waals surface area contributed by atoms with Gasteiger partial charge in [-0.3, -0.25) is 14.5 Å². The van der Waals surface area contributed by atoms with Gasteiger partial charge in [-0.25, -0.2) is 4.79 Å². The molecule has 1 heterocycles. The Morgan fingerprint density at radius 2 is 1.68 bits per heavy atom. The third kappa shape index (κ3) is 3.74. The third-order valence-corrected chi connectivity index (χ3v) is 3.89. The van der Waals surface area contributed by atoms with Gasteiger partial charge in [0.1, 0.15) is 5.70 Å². The summed E-state index contributed by atoms with van der Waals surface area (Å²) in [5, 5.41) is 11.8. The van der Waals surface area contributed by atoms with Gasteiger partial charge in [-0.2, -0.15) is 0 Å². The third-order valence-electron chi connectivity index (χ3n) is 3.89. The summed E-state index contributed by atoms with van der Waals surface area (Å²) >= 11 is 0. The van der Waals surface area contributed by atoms with Gasteiger partial charge in [0.15, 0.2) is 0 Å². The van der Waals surface area contributed by atoms with E-state index in [1.54, 1.807) is 12.1 Å². The largest absolute Gasteiger partial charge is 0.478 e. The molecule has 2 aromatic carbocycles. The maximum absolute atomic E-state index is 12.4. The summed E-state index contributed by atoms with van der Waals surface area (Å²) in [7, 11) is 0. The van der Waals surface area contributed by atoms with E-state index in [0.29, 0.717) is 18.7 Å². The second kappa shape index (κ2) is 7.00. The molecule has 0 saturated carbocycles. The molecule has 126 valence electrons. The highest BCUT2D eigenvalue weighted by Gasteiger charge is 2.30. The lowest BCUT2D eigenvalue weighted by Gasteiger charge is -2.15. The van der Waals surface area contributed by atoms with E-state index in [9.17, 15) is 14.4 Å². The second-order valence-electron chi connectivity index (χ2n) is 5.60. The number of amides is 2. The Balaban J connectivity index is 1.64. The summed E-state index contributed by atoms with van der Waals surface area (Å²) in [6.45, 7) is 0.307. The van der Waals surface area contributed by atoms with E-state index in [2.05, 4.69) is 5.32 Å². The molecule has 2 amide bonds. The van der Waals surface area contributed by atoms with Gasteiger partial charge in [0.25, 0.3) is 11.8 Å². The van der Waals surface area contributed by atoms with Crippen molar-refractivity contribution >= 4 is 23.5 Å². The number of benzene rings is 2. The van der Waals surface area contributed by atoms with E-state index in [1.165, 1.54) is 23.1 Å². The molecular formula is C19H16N2O4. The zero-order valence-electron chi connectivity index (χ0n) is 13.3. The summed E-state index contributed by atoms with van der Waals surface area (Å²) in [5.41, 5.74) is 1.93. The first-order valence-corrected chi connectivity index (χ1v) is 7.76. The Hall–Kier alpha value is -3.41. The van der Waals surface area contributed by atoms with Crippen LogP contribution in [-0.4, -0.2) is 34.3 Å². The number of nitrogens with one attached hydrogen (secondary N) is 1. The first kappa shape index (κ1) is 16.4. The van der Waals surface area contributed by atoms with Gasteiger partial charge in [-0.1, -0.05) is 30.3 Å². The number of carbonyl (C=O) groups is 3. The summed E-state index contributed by atoms with van der Waals surface area (Å²) in [4.78, 5) is 36.5. The zero-order chi connectivity index (χ0) is 17.8. The van der Waals surface area contributed by atoms with Crippen LogP contribution in [0.1, 0.15) is 15.9 Å². The number of carboxylic acid groups (broad SMARTS) is 1. The molecule has 25 heavy (non-hydrogen) atoms. The molecule has 0 aromatic heterocycles. The number of carboxylic acids is 1. The molecule has 2 aromatic rings. The van der Waals surface area contributed by atoms with Crippen LogP contribution in [0.15, 0.2) is 66.4 Å². The van der Waals surface area contributed by atoms with Crippen molar-refractivity contribution in [2.45, 2.75) is 6.42 Å². The molecule has 0 aliphatic carbocycles. The molecule has 1 aliphatic heterocycles. The number of imide groups is 1. The van der Waals surface area contributed by atoms with Gasteiger partial charge in [0, 0.05) is 18.3 Å². The molecular weight excluding hydrogens is 320 g/mol. The lowest BCUT2D eigenvalue weighted by atomic mass is 10.1. The SMILES string of the molecule is O=C(O)c1ccc(NC2=CC(=O)N(CCc3ccccc3)C2=O)cc1. The summed E-state index contributed by atoms with van der Waals surface area (Å²) in [6, 6.07) is 15.6. The molecule has 0 radical (unpaired) electrons. The van der Waals surface area contributed by atoms with Crippen molar-refractivity contribution in [1.29, 1.82) is 0 Å². The van der Waals surface area contributed by atoms with E-state index >= 15 is 0 Å². The van der Waals surface area contributed by atoms with Gasteiger partial charge in [-0.05, 0) is 36.2 Å². The lowest BCUT2D eigenvalue weighted by Crippen LogP contribution is -2.33. The van der Waals surface area contributed by atoms with E-state index in [1.807, 2.05) is 30.3 Å². The van der Waals surface area contributed by atoms with Crippen LogP contribution in [0.2, 0.25) is 0 Å². The van der Waals surface area contributed by atoms with E-state index < -0.39 is 5.97 Å². The maximum atomic E-state index is 12.4. The monoisotopic (exact) mass is 336 g/mol. The molecule has 0 fully saturated rings. The van der Waals surface area contributed by atoms with Crippen LogP contribution < -0.4 is 5.32 Å². The normalized spacial score (nSPS) is 13.8. The summed E-state index contributed by atoms with van der Waals surface area (Å²) < 4.78 is 0. The standard InChI is InChI=1S/C19H16N2O4/c22-17-12-16(20-15-8-6-14(7-9-15)19(24)25)18(23)21(17)11-10-13-4-2-1-3-5-13/h1-9,12,20H,10-11H2,(H,24,25). The highest BCUT2D eigenvalue weighted by Crippen LogP contribution is 2.18. The fourth-order valence-electron chi connectivity index (χ4n) is 2.55. The first-order chi connectivity index (χ1) is 12.0. The minimum Gasteiger partial charge on any atom is -0.478 e. The molecule has 0 saturated heterocycles. The van der Waals surface area contributed by atoms with Gasteiger partial charge >= 0.3 is 5.97 Å². The van der Waals surface area contributed by atoms with E-state index in [-0.39, 0.29) is 23.1 Å². The van der Waals surface area contributed by atoms with E-state index in [4.69, 9.17) is 5.11 Å². The molecule has 0 bridgehead atoms. The Bertz CT molecular complexity index is 841. The average Bonchev–Trinajstić information content (AvgIpc) is 2.88. The quantitative estimate of drug-likeness (QED) is 0.791. The van der Waals surface area contributed by atoms with Crippen LogP contribution in [0.5, 0.6) is 0 Å². The van der Waals surface area contributed by atoms with Crippen LogP contribution in [0, 0.1) is 0 Å². The second-order valence-corrected chi connectivity index (χ2v) is 5.60. The number of rotatable bonds is 6. The minimum absolute atomic E-state index is 0.151. The molecule has 2 N–H and O–H groups in total. The Labute approximate surface area is 144 Å². The van der Waals surface area contributed by atoms with Crippen molar-refractivity contribution < 1.29 is 19.5 Å². The highest BCUT2D eigenvalue weighted by molar-refractivity contribution is 6.17. The zero-order valence-corrected chi connectivity index (χ0v) is 13.3. The van der Waals surface area contributed by atoms with Crippen LogP contribution in [0.4, 0.5) is 5.69 Å². The molecule has 0 unspecified atom stereocenters. The molecule has 0 atom stereocenters. The molecule has 3 rings (SSSR count). The van der Waals surface area contributed by atoms with Crippen LogP contribution in [0.25, 0.3) is 0 Å². The number of hydrogen-bond acceptors (Lipinski definition) is 4. The van der Waals surface area contributed by atoms with Crippen molar-refractivity contribution in [2.24, 2.45) is 0 Å². The Kier molecular flexibility index (Phi) is 4.61. The Morgan fingerprint density at radius 3 is 2.32 bits per heavy atom. The molecule has 1 aliphatic rings. The summed E-state index contributed by atoms with van der Waals surface area (Å²) in [5.74, 6) is -1.76. The predicted octanol–water partition coefficient (Wildman–Crippen LogP) is 2.29. The minimum atomic E-state index is -1.02. The van der Waals surface area contributed by atoms with E-state index in [0.717, 1.165) is 5.56 Å². The molecule has 6 nitrogen and oxygen atoms in total. The molecule has 6 heteroatoms. The summed E-state index contributed by atoms with van der Waals surface area (Å²) in [6.07, 6.45) is 1.85. The smallest absolute Gasteiger partial charge is 0.335 e. The topological polar surface area (TPSA) is 86.7 Å². The number of nitrogens with zero attached hydrogens (tertiary/aromatic N) is 1. The number of anilines is 1. The van der Waals surface area contributed by atoms with Gasteiger partial charge < -0.3 is 10.4 Å². The average molecular weight is 336 g/mol. The fourth-order valence-corrected chi connectivity index (χ4v) is 2.55. The van der Waals surface area contributed by atoms with Crippen LogP contribution >= 0.6 is 0 Å². The number of hydrogen-bond donors (Lipinski definition) is 2. The molecule has 0 spiro atoms. The fraction of sp³-hybridized carbons (Fsp3) is 0.105. The van der Waals surface area contributed by atoms with Crippen LogP contribution in [-0.2, 0) is 16.0 Å². The van der Waals surface area contributed by atoms with Crippen molar-refractivity contribution in [2.75, 3.05) is 11.9 Å². The van der Waals surface area contributed by atoms with Crippen molar-refractivity contribution in [3.05, 3.63) is 77.5 Å². The van der Waals surface area contributed by atoms with Gasteiger partial charge in [0.2, 0.25) is 0 Å². The number of aromatic carboxylic acids is 1. The van der Waals surface area contributed by atoms with Crippen LogP contribution in [0.3, 0.4) is 0 Å². The number of carbonyl (C=O) groups excluding carboxylic acids is 2.